The Kier molecular flexibility index (Phi) is 6.45. The first-order valence-electron chi connectivity index (χ1n) is 4.49. The molecule has 0 atom stereocenters. The molecule has 1 N–H and O–H groups in total. The van der Waals surface area contributed by atoms with Crippen molar-refractivity contribution >= 4 is 10.9 Å². The van der Waals surface area contributed by atoms with Crippen LogP contribution in [-0.2, 0) is 0 Å². The predicted octanol–water partition coefficient (Wildman–Crippen LogP) is 0.792. The summed E-state index contributed by atoms with van der Waals surface area (Å²) in [7, 11) is 0. The number of nitrogens with one attached hydrogen (secondary N) is 1. The molecule has 70 valence electrons. The third-order valence-electron chi connectivity index (χ3n) is 1.46. The molecule has 2 rings (SSSR count). The number of hydrogen-bond donors (Lipinski definition) is 1. The number of benzene rings is 1. The number of rotatable bonds is 0. The minimum atomic E-state index is 0. The molecule has 2 heteroatoms. The van der Waals surface area contributed by atoms with Crippen LogP contribution in [0, 0.1) is 5.92 Å². The Morgan fingerprint density at radius 3 is 2.14 bits per heavy atom. The van der Waals surface area contributed by atoms with Crippen LogP contribution >= 0.6 is 0 Å². The zero-order chi connectivity index (χ0) is 9.68. The maximum atomic E-state index is 3.12. The van der Waals surface area contributed by atoms with Crippen LogP contribution in [0.5, 0.6) is 0 Å². The number of hydrogen-bond acceptors (Lipinski definition) is 0. The fourth-order valence-electron chi connectivity index (χ4n) is 0.995. The van der Waals surface area contributed by atoms with Crippen LogP contribution < -0.4 is 18.9 Å². The quantitative estimate of drug-likeness (QED) is 0.457. The van der Waals surface area contributed by atoms with E-state index in [1.54, 1.807) is 0 Å². The van der Waals surface area contributed by atoms with E-state index in [9.17, 15) is 0 Å². The van der Waals surface area contributed by atoms with Gasteiger partial charge in [0.2, 0.25) is 0 Å². The average Bonchev–Trinajstić information content (AvgIpc) is 2.49. The molecule has 2 aromatic rings. The van der Waals surface area contributed by atoms with Crippen molar-refractivity contribution in [2.24, 2.45) is 0 Å². The Hall–Kier alpha value is -0.643. The van der Waals surface area contributed by atoms with Gasteiger partial charge in [0, 0.05) is 11.7 Å². The molecule has 0 aliphatic heterocycles. The first kappa shape index (κ1) is 13.4. The van der Waals surface area contributed by atoms with E-state index in [2.05, 4.69) is 44.0 Å². The zero-order valence-electron chi connectivity index (χ0n) is 9.46. The Morgan fingerprint density at radius 1 is 1.00 bits per heavy atom. The van der Waals surface area contributed by atoms with Crippen molar-refractivity contribution in [1.29, 1.82) is 0 Å². The van der Waals surface area contributed by atoms with E-state index in [0.29, 0.717) is 0 Å². The minimum Gasteiger partial charge on any atom is -0.361 e. The summed E-state index contributed by atoms with van der Waals surface area (Å²) in [4.78, 5) is 3.12. The molecule has 14 heavy (non-hydrogen) atoms. The van der Waals surface area contributed by atoms with Gasteiger partial charge in [-0.15, -0.1) is 0 Å². The van der Waals surface area contributed by atoms with Crippen molar-refractivity contribution in [2.45, 2.75) is 20.8 Å². The van der Waals surface area contributed by atoms with Crippen LogP contribution in [-0.4, -0.2) is 4.98 Å². The summed E-state index contributed by atoms with van der Waals surface area (Å²) >= 11 is 0. The standard InChI is InChI=1S/C8H7N.C4H9.Li/c1-2-4-8-7(3-1)5-6-9-8;1-4(2)3;/h1-6,9H;1-3H3;/q;-1;+1. The normalized spacial score (nSPS) is 9.14. The van der Waals surface area contributed by atoms with E-state index in [-0.39, 0.29) is 18.9 Å². The molecule has 1 heterocycles. The molecule has 0 radical (unpaired) electrons. The summed E-state index contributed by atoms with van der Waals surface area (Å²) < 4.78 is 0. The number of para-hydroxylation sites is 1. The van der Waals surface area contributed by atoms with Gasteiger partial charge < -0.3 is 10.9 Å². The average molecular weight is 181 g/mol. The summed E-state index contributed by atoms with van der Waals surface area (Å²) in [6, 6.07) is 10.3. The Balaban J connectivity index is 0.000000299. The predicted molar refractivity (Wildman–Crippen MR) is 58.6 cm³/mol. The molecular formula is C12H16LiN. The molecule has 0 unspecified atom stereocenters. The molecular weight excluding hydrogens is 165 g/mol. The zero-order valence-corrected chi connectivity index (χ0v) is 9.46. The van der Waals surface area contributed by atoms with Crippen LogP contribution in [0.4, 0.5) is 0 Å². The Bertz CT molecular complexity index is 319. The topological polar surface area (TPSA) is 15.8 Å². The van der Waals surface area contributed by atoms with E-state index >= 15 is 0 Å². The van der Waals surface area contributed by atoms with E-state index in [1.807, 2.05) is 18.3 Å². The van der Waals surface area contributed by atoms with Crippen LogP contribution in [0.3, 0.4) is 0 Å². The van der Waals surface area contributed by atoms with Gasteiger partial charge in [0.1, 0.15) is 0 Å². The first-order valence-corrected chi connectivity index (χ1v) is 4.49. The van der Waals surface area contributed by atoms with Gasteiger partial charge >= 0.3 is 18.9 Å². The molecule has 0 fully saturated rings. The monoisotopic (exact) mass is 181 g/mol. The van der Waals surface area contributed by atoms with Crippen molar-refractivity contribution in [3.63, 3.8) is 0 Å². The summed E-state index contributed by atoms with van der Waals surface area (Å²) in [5.41, 5.74) is 1.21. The van der Waals surface area contributed by atoms with Gasteiger partial charge in [-0.3, -0.25) is 0 Å². The molecule has 0 saturated carbocycles. The van der Waals surface area contributed by atoms with Crippen LogP contribution in [0.15, 0.2) is 36.5 Å². The summed E-state index contributed by atoms with van der Waals surface area (Å²) in [6.07, 6.45) is 1.95. The molecule has 1 aromatic carbocycles. The van der Waals surface area contributed by atoms with Gasteiger partial charge in [-0.25, -0.2) is 0 Å². The third kappa shape index (κ3) is 4.55. The van der Waals surface area contributed by atoms with E-state index in [4.69, 9.17) is 0 Å². The Morgan fingerprint density at radius 2 is 1.57 bits per heavy atom. The molecule has 0 aliphatic rings. The van der Waals surface area contributed by atoms with Gasteiger partial charge in [0.05, 0.1) is 0 Å². The van der Waals surface area contributed by atoms with Crippen molar-refractivity contribution in [2.75, 3.05) is 0 Å². The molecule has 0 saturated heterocycles. The number of H-pyrrole nitrogens is 1. The second-order valence-corrected chi connectivity index (χ2v) is 3.56. The van der Waals surface area contributed by atoms with Crippen LogP contribution in [0.1, 0.15) is 20.8 Å². The molecule has 0 spiro atoms. The van der Waals surface area contributed by atoms with Crippen molar-refractivity contribution in [1.82, 2.24) is 4.98 Å². The first-order chi connectivity index (χ1) is 6.20. The van der Waals surface area contributed by atoms with E-state index in [0.717, 1.165) is 0 Å². The largest absolute Gasteiger partial charge is 1.00 e. The van der Waals surface area contributed by atoms with Crippen molar-refractivity contribution < 1.29 is 18.9 Å². The number of fused-ring (bicyclic) bond motifs is 1. The summed E-state index contributed by atoms with van der Waals surface area (Å²) in [5.74, 6) is 1.42. The van der Waals surface area contributed by atoms with Crippen LogP contribution in [0.25, 0.3) is 10.9 Å². The maximum Gasteiger partial charge on any atom is 1.00 e. The molecule has 1 nitrogen and oxygen atoms in total. The smallest absolute Gasteiger partial charge is 0.361 e. The summed E-state index contributed by atoms with van der Waals surface area (Å²) in [5, 5.41) is 1.28. The van der Waals surface area contributed by atoms with Crippen molar-refractivity contribution in [3.05, 3.63) is 42.4 Å². The fourth-order valence-corrected chi connectivity index (χ4v) is 0.995. The minimum absolute atomic E-state index is 0. The molecule has 1 aromatic heterocycles. The third-order valence-corrected chi connectivity index (χ3v) is 1.46. The van der Waals surface area contributed by atoms with Gasteiger partial charge in [-0.2, -0.15) is 20.8 Å². The number of aromatic nitrogens is 1. The van der Waals surface area contributed by atoms with Gasteiger partial charge in [0.15, 0.2) is 0 Å². The van der Waals surface area contributed by atoms with E-state index in [1.165, 1.54) is 16.8 Å². The van der Waals surface area contributed by atoms with E-state index < -0.39 is 0 Å². The summed E-state index contributed by atoms with van der Waals surface area (Å²) in [6.45, 7) is 6.25. The second-order valence-electron chi connectivity index (χ2n) is 3.56. The number of aromatic amines is 1. The van der Waals surface area contributed by atoms with Gasteiger partial charge in [-0.1, -0.05) is 18.2 Å². The van der Waals surface area contributed by atoms with Crippen molar-refractivity contribution in [3.8, 4) is 0 Å². The second kappa shape index (κ2) is 6.76. The fraction of sp³-hybridized carbons (Fsp3) is 0.250. The van der Waals surface area contributed by atoms with Gasteiger partial charge in [-0.05, 0) is 17.5 Å². The molecule has 0 aliphatic carbocycles. The molecule has 0 bridgehead atoms. The molecule has 0 amide bonds. The SMILES string of the molecule is C[C-](C)C.[Li+].c1ccc2[nH]ccc2c1. The van der Waals surface area contributed by atoms with Gasteiger partial charge in [0.25, 0.3) is 0 Å². The van der Waals surface area contributed by atoms with Crippen LogP contribution in [0.2, 0.25) is 0 Å². The maximum absolute atomic E-state index is 3.12. The Labute approximate surface area is 98.1 Å².